The van der Waals surface area contributed by atoms with Gasteiger partial charge in [0.05, 0.1) is 13.5 Å². The minimum Gasteiger partial charge on any atom is -0.496 e. The topological polar surface area (TPSA) is 63.6 Å². The highest BCUT2D eigenvalue weighted by Gasteiger charge is 2.12. The Balaban J connectivity index is 3.23. The Bertz CT molecular complexity index is 401. The Morgan fingerprint density at radius 1 is 1.60 bits per heavy atom. The van der Waals surface area contributed by atoms with Gasteiger partial charge in [-0.2, -0.15) is 0 Å². The van der Waals surface area contributed by atoms with Crippen LogP contribution in [0.2, 0.25) is 0 Å². The van der Waals surface area contributed by atoms with E-state index in [0.29, 0.717) is 27.6 Å². The van der Waals surface area contributed by atoms with Crippen LogP contribution in [-0.4, -0.2) is 24.5 Å². The zero-order valence-electron chi connectivity index (χ0n) is 7.99. The number of rotatable bonds is 4. The lowest BCUT2D eigenvalue weighted by atomic mass is 10.1. The van der Waals surface area contributed by atoms with Crippen LogP contribution < -0.4 is 4.74 Å². The number of aldehydes is 1. The summed E-state index contributed by atoms with van der Waals surface area (Å²) >= 11 is 3.21. The molecule has 0 bridgehead atoms. The summed E-state index contributed by atoms with van der Waals surface area (Å²) in [4.78, 5) is 21.2. The van der Waals surface area contributed by atoms with Crippen molar-refractivity contribution in [1.29, 1.82) is 0 Å². The van der Waals surface area contributed by atoms with Gasteiger partial charge in [0.2, 0.25) is 0 Å². The first kappa shape index (κ1) is 11.7. The standard InChI is InChI=1S/C10H9BrO4/c1-15-9-3-6(5-12)2-8(11)7(9)4-10(13)14/h2-3,5H,4H2,1H3,(H,13,14). The van der Waals surface area contributed by atoms with Crippen molar-refractivity contribution in [1.82, 2.24) is 0 Å². The molecule has 4 nitrogen and oxygen atoms in total. The Morgan fingerprint density at radius 2 is 2.27 bits per heavy atom. The summed E-state index contributed by atoms with van der Waals surface area (Å²) in [5.41, 5.74) is 0.962. The van der Waals surface area contributed by atoms with Crippen molar-refractivity contribution in [3.8, 4) is 5.75 Å². The fraction of sp³-hybridized carbons (Fsp3) is 0.200. The maximum atomic E-state index is 10.6. The summed E-state index contributed by atoms with van der Waals surface area (Å²) in [6.07, 6.45) is 0.528. The Hall–Kier alpha value is -1.36. The van der Waals surface area contributed by atoms with E-state index < -0.39 is 5.97 Å². The first-order valence-electron chi connectivity index (χ1n) is 4.12. The molecule has 0 heterocycles. The molecule has 0 saturated carbocycles. The van der Waals surface area contributed by atoms with Gasteiger partial charge in [-0.25, -0.2) is 0 Å². The van der Waals surface area contributed by atoms with Crippen LogP contribution in [0.5, 0.6) is 5.75 Å². The van der Waals surface area contributed by atoms with Gasteiger partial charge in [-0.3, -0.25) is 9.59 Å². The number of benzene rings is 1. The number of ether oxygens (including phenoxy) is 1. The number of carboxylic acid groups (broad SMARTS) is 1. The summed E-state index contributed by atoms with van der Waals surface area (Å²) in [5.74, 6) is -0.554. The lowest BCUT2D eigenvalue weighted by molar-refractivity contribution is -0.136. The normalized spacial score (nSPS) is 9.73. The fourth-order valence-corrected chi connectivity index (χ4v) is 1.80. The summed E-state index contributed by atoms with van der Waals surface area (Å²) in [7, 11) is 1.43. The Kier molecular flexibility index (Phi) is 3.85. The van der Waals surface area contributed by atoms with E-state index in [1.54, 1.807) is 6.07 Å². The third-order valence-electron chi connectivity index (χ3n) is 1.86. The van der Waals surface area contributed by atoms with Crippen LogP contribution in [0.4, 0.5) is 0 Å². The SMILES string of the molecule is COc1cc(C=O)cc(Br)c1CC(=O)O. The van der Waals surface area contributed by atoms with Gasteiger partial charge in [0, 0.05) is 15.6 Å². The Morgan fingerprint density at radius 3 is 2.73 bits per heavy atom. The van der Waals surface area contributed by atoms with Crippen molar-refractivity contribution in [2.45, 2.75) is 6.42 Å². The summed E-state index contributed by atoms with van der Waals surface area (Å²) in [6.45, 7) is 0. The molecule has 0 fully saturated rings. The first-order chi connectivity index (χ1) is 7.08. The van der Waals surface area contributed by atoms with Crippen LogP contribution in [0.1, 0.15) is 15.9 Å². The molecule has 5 heteroatoms. The molecule has 1 rings (SSSR count). The van der Waals surface area contributed by atoms with Crippen LogP contribution >= 0.6 is 15.9 Å². The third kappa shape index (κ3) is 2.79. The Labute approximate surface area is 95.0 Å². The van der Waals surface area contributed by atoms with Crippen molar-refractivity contribution in [3.63, 3.8) is 0 Å². The highest BCUT2D eigenvalue weighted by molar-refractivity contribution is 9.10. The second-order valence-electron chi connectivity index (χ2n) is 2.87. The number of carbonyl (C=O) groups excluding carboxylic acids is 1. The largest absolute Gasteiger partial charge is 0.496 e. The van der Waals surface area contributed by atoms with Crippen molar-refractivity contribution < 1.29 is 19.4 Å². The second-order valence-corrected chi connectivity index (χ2v) is 3.73. The molecule has 80 valence electrons. The molecule has 0 aromatic heterocycles. The van der Waals surface area contributed by atoms with E-state index in [2.05, 4.69) is 15.9 Å². The lowest BCUT2D eigenvalue weighted by Crippen LogP contribution is -2.04. The average molecular weight is 273 g/mol. The van der Waals surface area contributed by atoms with Crippen LogP contribution in [-0.2, 0) is 11.2 Å². The van der Waals surface area contributed by atoms with Gasteiger partial charge in [0.25, 0.3) is 0 Å². The van der Waals surface area contributed by atoms with Crippen molar-refractivity contribution in [2.24, 2.45) is 0 Å². The highest BCUT2D eigenvalue weighted by atomic mass is 79.9. The molecule has 0 aliphatic carbocycles. The lowest BCUT2D eigenvalue weighted by Gasteiger charge is -2.09. The second kappa shape index (κ2) is 4.93. The molecule has 0 amide bonds. The van der Waals surface area contributed by atoms with Gasteiger partial charge in [-0.15, -0.1) is 0 Å². The molecule has 1 N–H and O–H groups in total. The monoisotopic (exact) mass is 272 g/mol. The van der Waals surface area contributed by atoms with Crippen molar-refractivity contribution >= 4 is 28.2 Å². The van der Waals surface area contributed by atoms with E-state index in [1.807, 2.05) is 0 Å². The summed E-state index contributed by atoms with van der Waals surface area (Å²) < 4.78 is 5.58. The van der Waals surface area contributed by atoms with E-state index in [-0.39, 0.29) is 6.42 Å². The maximum Gasteiger partial charge on any atom is 0.308 e. The molecule has 0 radical (unpaired) electrons. The van der Waals surface area contributed by atoms with E-state index in [0.717, 1.165) is 0 Å². The third-order valence-corrected chi connectivity index (χ3v) is 2.57. The number of carboxylic acids is 1. The molecule has 1 aromatic carbocycles. The maximum absolute atomic E-state index is 10.6. The van der Waals surface area contributed by atoms with Crippen LogP contribution in [0.3, 0.4) is 0 Å². The molecule has 1 aromatic rings. The van der Waals surface area contributed by atoms with Crippen LogP contribution in [0, 0.1) is 0 Å². The molecule has 0 aliphatic heterocycles. The predicted octanol–water partition coefficient (Wildman–Crippen LogP) is 1.90. The van der Waals surface area contributed by atoms with Gasteiger partial charge in [0.1, 0.15) is 12.0 Å². The first-order valence-corrected chi connectivity index (χ1v) is 4.91. The number of methoxy groups -OCH3 is 1. The van der Waals surface area contributed by atoms with E-state index in [9.17, 15) is 9.59 Å². The van der Waals surface area contributed by atoms with Gasteiger partial charge >= 0.3 is 5.97 Å². The number of aliphatic carboxylic acids is 1. The fourth-order valence-electron chi connectivity index (χ4n) is 1.20. The van der Waals surface area contributed by atoms with E-state index in [1.165, 1.54) is 13.2 Å². The van der Waals surface area contributed by atoms with E-state index in [4.69, 9.17) is 9.84 Å². The highest BCUT2D eigenvalue weighted by Crippen LogP contribution is 2.28. The minimum absolute atomic E-state index is 0.150. The molecular weight excluding hydrogens is 264 g/mol. The molecule has 15 heavy (non-hydrogen) atoms. The quantitative estimate of drug-likeness (QED) is 0.851. The molecule has 0 saturated heterocycles. The smallest absolute Gasteiger partial charge is 0.308 e. The molecule has 0 atom stereocenters. The van der Waals surface area contributed by atoms with Gasteiger partial charge < -0.3 is 9.84 Å². The van der Waals surface area contributed by atoms with Crippen LogP contribution in [0.25, 0.3) is 0 Å². The summed E-state index contributed by atoms with van der Waals surface area (Å²) in [5, 5.41) is 8.69. The van der Waals surface area contributed by atoms with Gasteiger partial charge in [-0.05, 0) is 12.1 Å². The molecule has 0 aliphatic rings. The van der Waals surface area contributed by atoms with Crippen molar-refractivity contribution in [3.05, 3.63) is 27.7 Å². The van der Waals surface area contributed by atoms with E-state index >= 15 is 0 Å². The number of hydrogen-bond donors (Lipinski definition) is 1. The zero-order chi connectivity index (χ0) is 11.4. The molecular formula is C10H9BrO4. The average Bonchev–Trinajstić information content (AvgIpc) is 2.20. The van der Waals surface area contributed by atoms with Crippen molar-refractivity contribution in [2.75, 3.05) is 7.11 Å². The number of hydrogen-bond acceptors (Lipinski definition) is 3. The van der Waals surface area contributed by atoms with Gasteiger partial charge in [-0.1, -0.05) is 15.9 Å². The summed E-state index contributed by atoms with van der Waals surface area (Å²) in [6, 6.07) is 3.07. The number of halogens is 1. The zero-order valence-corrected chi connectivity index (χ0v) is 9.58. The molecule has 0 unspecified atom stereocenters. The minimum atomic E-state index is -0.951. The van der Waals surface area contributed by atoms with Gasteiger partial charge in [0.15, 0.2) is 0 Å². The predicted molar refractivity (Wildman–Crippen MR) is 57.4 cm³/mol. The molecule has 0 spiro atoms. The number of carbonyl (C=O) groups is 2. The van der Waals surface area contributed by atoms with Crippen LogP contribution in [0.15, 0.2) is 16.6 Å².